The predicted molar refractivity (Wildman–Crippen MR) is 87.3 cm³/mol. The highest BCUT2D eigenvalue weighted by Crippen LogP contribution is 2.30. The third-order valence-electron chi connectivity index (χ3n) is 4.16. The molecule has 2 aromatic heterocycles. The molecule has 1 aliphatic rings. The summed E-state index contributed by atoms with van der Waals surface area (Å²) in [5.74, 6) is -0.551. The monoisotopic (exact) mass is 320 g/mol. The summed E-state index contributed by atoms with van der Waals surface area (Å²) in [6.07, 6.45) is 3.25. The van der Waals surface area contributed by atoms with E-state index in [1.807, 2.05) is 25.1 Å². The lowest BCUT2D eigenvalue weighted by Crippen LogP contribution is -2.03. The normalized spacial score (nSPS) is 13.1. The summed E-state index contributed by atoms with van der Waals surface area (Å²) in [6, 6.07) is 8.78. The Labute approximate surface area is 137 Å². The second-order valence-electron chi connectivity index (χ2n) is 5.71. The SMILES string of the molecule is CC1=Cc2cc(-c3nnn(-c4cccnc4F)c3C)ccc2C1=O. The molecule has 0 saturated carbocycles. The molecule has 5 nitrogen and oxygen atoms in total. The molecular weight excluding hydrogens is 307 g/mol. The van der Waals surface area contributed by atoms with Crippen LogP contribution >= 0.6 is 0 Å². The smallest absolute Gasteiger partial charge is 0.238 e. The molecule has 0 spiro atoms. The van der Waals surface area contributed by atoms with Gasteiger partial charge >= 0.3 is 0 Å². The van der Waals surface area contributed by atoms with Crippen LogP contribution in [0.15, 0.2) is 42.1 Å². The Morgan fingerprint density at radius 1 is 1.17 bits per heavy atom. The molecule has 0 radical (unpaired) electrons. The molecular formula is C18H13FN4O. The lowest BCUT2D eigenvalue weighted by Gasteiger charge is -2.05. The van der Waals surface area contributed by atoms with E-state index in [0.29, 0.717) is 17.0 Å². The van der Waals surface area contributed by atoms with E-state index < -0.39 is 5.95 Å². The molecule has 4 rings (SSSR count). The number of allylic oxidation sites excluding steroid dienone is 1. The number of hydrogen-bond donors (Lipinski definition) is 0. The fourth-order valence-corrected chi connectivity index (χ4v) is 2.91. The zero-order valence-corrected chi connectivity index (χ0v) is 13.1. The van der Waals surface area contributed by atoms with E-state index in [2.05, 4.69) is 15.3 Å². The van der Waals surface area contributed by atoms with Gasteiger partial charge in [-0.15, -0.1) is 5.10 Å². The van der Waals surface area contributed by atoms with Gasteiger partial charge in [0, 0.05) is 17.3 Å². The molecule has 118 valence electrons. The standard InChI is InChI=1S/C18H13FN4O/c1-10-8-13-9-12(5-6-14(13)17(10)24)16-11(2)23(22-21-16)15-4-3-7-20-18(15)19/h3-9H,1-2H3. The molecule has 0 amide bonds. The third kappa shape index (κ3) is 2.07. The van der Waals surface area contributed by atoms with E-state index in [0.717, 1.165) is 16.7 Å². The van der Waals surface area contributed by atoms with Gasteiger partial charge in [0.25, 0.3) is 0 Å². The minimum atomic E-state index is -0.602. The summed E-state index contributed by atoms with van der Waals surface area (Å²) < 4.78 is 15.3. The predicted octanol–water partition coefficient (Wildman–Crippen LogP) is 3.38. The number of aromatic nitrogens is 4. The maximum Gasteiger partial charge on any atom is 0.238 e. The Hall–Kier alpha value is -3.15. The number of hydrogen-bond acceptors (Lipinski definition) is 4. The highest BCUT2D eigenvalue weighted by atomic mass is 19.1. The number of rotatable bonds is 2. The number of nitrogens with zero attached hydrogens (tertiary/aromatic N) is 4. The Morgan fingerprint density at radius 3 is 2.79 bits per heavy atom. The molecule has 0 unspecified atom stereocenters. The Balaban J connectivity index is 1.81. The Bertz CT molecular complexity index is 1020. The fraction of sp³-hybridized carbons (Fsp3) is 0.111. The Kier molecular flexibility index (Phi) is 3.13. The summed E-state index contributed by atoms with van der Waals surface area (Å²) in [7, 11) is 0. The van der Waals surface area contributed by atoms with Crippen molar-refractivity contribution in [2.24, 2.45) is 0 Å². The third-order valence-corrected chi connectivity index (χ3v) is 4.16. The van der Waals surface area contributed by atoms with Gasteiger partial charge in [0.1, 0.15) is 11.4 Å². The van der Waals surface area contributed by atoms with E-state index in [4.69, 9.17) is 0 Å². The summed E-state index contributed by atoms with van der Waals surface area (Å²) in [6.45, 7) is 3.62. The van der Waals surface area contributed by atoms with E-state index in [1.54, 1.807) is 25.1 Å². The van der Waals surface area contributed by atoms with Gasteiger partial charge in [0.2, 0.25) is 5.95 Å². The average Bonchev–Trinajstić information content (AvgIpc) is 3.08. The van der Waals surface area contributed by atoms with Crippen LogP contribution in [0.3, 0.4) is 0 Å². The summed E-state index contributed by atoms with van der Waals surface area (Å²) in [5, 5.41) is 8.23. The number of halogens is 1. The van der Waals surface area contributed by atoms with E-state index in [-0.39, 0.29) is 11.5 Å². The van der Waals surface area contributed by atoms with Crippen molar-refractivity contribution in [3.05, 3.63) is 64.9 Å². The number of Topliss-reactive ketones (excluding diaryl/α,β-unsaturated/α-hetero) is 1. The summed E-state index contributed by atoms with van der Waals surface area (Å²) in [5.41, 5.74) is 4.72. The quantitative estimate of drug-likeness (QED) is 0.679. The van der Waals surface area contributed by atoms with Crippen LogP contribution in [0.2, 0.25) is 0 Å². The molecule has 1 aromatic carbocycles. The van der Waals surface area contributed by atoms with Crippen LogP contribution < -0.4 is 0 Å². The number of carbonyl (C=O) groups excluding carboxylic acids is 1. The first kappa shape index (κ1) is 14.4. The largest absolute Gasteiger partial charge is 0.289 e. The van der Waals surface area contributed by atoms with Crippen molar-refractivity contribution in [3.63, 3.8) is 0 Å². The summed E-state index contributed by atoms with van der Waals surface area (Å²) in [4.78, 5) is 15.6. The topological polar surface area (TPSA) is 60.7 Å². The minimum absolute atomic E-state index is 0.0503. The average molecular weight is 320 g/mol. The highest BCUT2D eigenvalue weighted by Gasteiger charge is 2.21. The van der Waals surface area contributed by atoms with Gasteiger partial charge in [0.05, 0.1) is 5.69 Å². The van der Waals surface area contributed by atoms with Gasteiger partial charge in [-0.1, -0.05) is 11.3 Å². The van der Waals surface area contributed by atoms with Gasteiger partial charge in [-0.2, -0.15) is 4.39 Å². The first-order valence-corrected chi connectivity index (χ1v) is 7.47. The van der Waals surface area contributed by atoms with Crippen LogP contribution in [0.1, 0.15) is 28.5 Å². The van der Waals surface area contributed by atoms with Crippen LogP contribution in [-0.4, -0.2) is 25.8 Å². The van der Waals surface area contributed by atoms with Crippen molar-refractivity contribution in [2.75, 3.05) is 0 Å². The van der Waals surface area contributed by atoms with Gasteiger partial charge in [-0.05, 0) is 55.3 Å². The molecule has 3 aromatic rings. The zero-order valence-electron chi connectivity index (χ0n) is 13.1. The molecule has 0 aliphatic heterocycles. The van der Waals surface area contributed by atoms with Gasteiger partial charge in [-0.3, -0.25) is 4.79 Å². The first-order chi connectivity index (χ1) is 11.6. The first-order valence-electron chi connectivity index (χ1n) is 7.47. The maximum atomic E-state index is 13.9. The molecule has 6 heteroatoms. The molecule has 0 fully saturated rings. The van der Waals surface area contributed by atoms with E-state index >= 15 is 0 Å². The second-order valence-corrected chi connectivity index (χ2v) is 5.71. The Morgan fingerprint density at radius 2 is 2.00 bits per heavy atom. The van der Waals surface area contributed by atoms with Crippen molar-refractivity contribution < 1.29 is 9.18 Å². The molecule has 0 atom stereocenters. The van der Waals surface area contributed by atoms with Crippen molar-refractivity contribution in [3.8, 4) is 16.9 Å². The van der Waals surface area contributed by atoms with Crippen LogP contribution in [0.25, 0.3) is 23.0 Å². The number of carbonyl (C=O) groups is 1. The molecule has 1 aliphatic carbocycles. The van der Waals surface area contributed by atoms with Crippen molar-refractivity contribution >= 4 is 11.9 Å². The van der Waals surface area contributed by atoms with Gasteiger partial charge < -0.3 is 0 Å². The molecule has 24 heavy (non-hydrogen) atoms. The molecule has 0 bridgehead atoms. The van der Waals surface area contributed by atoms with Crippen LogP contribution in [0, 0.1) is 12.9 Å². The molecule has 0 saturated heterocycles. The lowest BCUT2D eigenvalue weighted by molar-refractivity contribution is 0.103. The molecule has 0 N–H and O–H groups in total. The number of benzene rings is 1. The van der Waals surface area contributed by atoms with Crippen LogP contribution in [-0.2, 0) is 0 Å². The second kappa shape index (κ2) is 5.19. The maximum absolute atomic E-state index is 13.9. The van der Waals surface area contributed by atoms with Crippen molar-refractivity contribution in [1.82, 2.24) is 20.0 Å². The van der Waals surface area contributed by atoms with Crippen molar-refractivity contribution in [2.45, 2.75) is 13.8 Å². The zero-order chi connectivity index (χ0) is 16.8. The van der Waals surface area contributed by atoms with E-state index in [1.165, 1.54) is 10.9 Å². The fourth-order valence-electron chi connectivity index (χ4n) is 2.91. The number of pyridine rings is 1. The summed E-state index contributed by atoms with van der Waals surface area (Å²) >= 11 is 0. The van der Waals surface area contributed by atoms with Gasteiger partial charge in [-0.25, -0.2) is 9.67 Å². The van der Waals surface area contributed by atoms with Crippen LogP contribution in [0.5, 0.6) is 0 Å². The van der Waals surface area contributed by atoms with Crippen LogP contribution in [0.4, 0.5) is 4.39 Å². The molecule has 2 heterocycles. The highest BCUT2D eigenvalue weighted by molar-refractivity contribution is 6.17. The lowest BCUT2D eigenvalue weighted by atomic mass is 10.0. The van der Waals surface area contributed by atoms with Gasteiger partial charge in [0.15, 0.2) is 5.78 Å². The minimum Gasteiger partial charge on any atom is -0.289 e. The number of ketones is 1. The number of fused-ring (bicyclic) bond motifs is 1. The van der Waals surface area contributed by atoms with E-state index in [9.17, 15) is 9.18 Å². The van der Waals surface area contributed by atoms with Crippen molar-refractivity contribution in [1.29, 1.82) is 0 Å².